The number of benzene rings is 1. The van der Waals surface area contributed by atoms with Gasteiger partial charge in [0, 0.05) is 11.8 Å². The molecule has 0 aliphatic carbocycles. The summed E-state index contributed by atoms with van der Waals surface area (Å²) in [6.45, 7) is 4.57. The number of amides is 2. The maximum atomic E-state index is 12.4. The molecule has 2 aliphatic rings. The predicted octanol–water partition coefficient (Wildman–Crippen LogP) is -1.20. The highest BCUT2D eigenvalue weighted by molar-refractivity contribution is 5.94. The standard InChI is InChI=1S/C15H19N3O4/c1-10(18-5-4-16-14(19)9-18)15(20)17-11-2-3-12-13(8-11)22-7-6-21-12/h2-3,8,10H,4-7,9H2,1H3,(H,16,19)(H,17,20)/p+1/t10-/m0/s1. The van der Waals surface area contributed by atoms with Crippen LogP contribution in [0.5, 0.6) is 11.5 Å². The lowest BCUT2D eigenvalue weighted by molar-refractivity contribution is -0.907. The monoisotopic (exact) mass is 306 g/mol. The molecule has 0 radical (unpaired) electrons. The van der Waals surface area contributed by atoms with E-state index in [2.05, 4.69) is 10.6 Å². The zero-order valence-electron chi connectivity index (χ0n) is 12.5. The molecular formula is C15H20N3O4+. The van der Waals surface area contributed by atoms with Gasteiger partial charge >= 0.3 is 0 Å². The second kappa shape index (κ2) is 6.23. The molecule has 2 atom stereocenters. The number of hydrogen-bond donors (Lipinski definition) is 3. The third-order valence-corrected chi connectivity index (χ3v) is 3.97. The molecule has 3 N–H and O–H groups in total. The second-order valence-electron chi connectivity index (χ2n) is 5.50. The predicted molar refractivity (Wildman–Crippen MR) is 79.2 cm³/mol. The number of rotatable bonds is 3. The van der Waals surface area contributed by atoms with Crippen LogP contribution in [0.3, 0.4) is 0 Å². The van der Waals surface area contributed by atoms with Crippen molar-refractivity contribution in [3.63, 3.8) is 0 Å². The largest absolute Gasteiger partial charge is 0.486 e. The van der Waals surface area contributed by atoms with Crippen molar-refractivity contribution < 1.29 is 24.0 Å². The first-order valence-electron chi connectivity index (χ1n) is 7.45. The van der Waals surface area contributed by atoms with Crippen LogP contribution >= 0.6 is 0 Å². The van der Waals surface area contributed by atoms with Crippen LogP contribution in [0.4, 0.5) is 5.69 Å². The molecule has 1 unspecified atom stereocenters. The maximum absolute atomic E-state index is 12.4. The molecule has 2 amide bonds. The zero-order chi connectivity index (χ0) is 15.5. The number of hydrogen-bond acceptors (Lipinski definition) is 4. The number of fused-ring (bicyclic) bond motifs is 1. The van der Waals surface area contributed by atoms with E-state index < -0.39 is 0 Å². The first-order chi connectivity index (χ1) is 10.6. The van der Waals surface area contributed by atoms with E-state index in [4.69, 9.17) is 9.47 Å². The van der Waals surface area contributed by atoms with Gasteiger partial charge in [-0.15, -0.1) is 0 Å². The number of piperazine rings is 1. The van der Waals surface area contributed by atoms with E-state index in [1.54, 1.807) is 18.2 Å². The van der Waals surface area contributed by atoms with E-state index in [0.717, 1.165) is 11.4 Å². The molecule has 0 bridgehead atoms. The van der Waals surface area contributed by atoms with Crippen molar-refractivity contribution in [2.75, 3.05) is 38.2 Å². The summed E-state index contributed by atoms with van der Waals surface area (Å²) in [4.78, 5) is 24.7. The normalized spacial score (nSPS) is 21.7. The number of anilines is 1. The SMILES string of the molecule is C[C@@H](C(=O)Nc1ccc2c(c1)OCCO2)[NH+]1CCNC(=O)C1. The third-order valence-electron chi connectivity index (χ3n) is 3.97. The third kappa shape index (κ3) is 3.14. The summed E-state index contributed by atoms with van der Waals surface area (Å²) in [6, 6.07) is 5.04. The molecule has 0 aromatic heterocycles. The van der Waals surface area contributed by atoms with E-state index in [-0.39, 0.29) is 17.9 Å². The number of carbonyl (C=O) groups excluding carboxylic acids is 2. The average Bonchev–Trinajstić information content (AvgIpc) is 2.54. The van der Waals surface area contributed by atoms with Gasteiger partial charge < -0.3 is 25.0 Å². The number of carbonyl (C=O) groups is 2. The van der Waals surface area contributed by atoms with Crippen LogP contribution in [0.2, 0.25) is 0 Å². The van der Waals surface area contributed by atoms with Gasteiger partial charge in [0.15, 0.2) is 24.1 Å². The van der Waals surface area contributed by atoms with Crippen molar-refractivity contribution >= 4 is 17.5 Å². The summed E-state index contributed by atoms with van der Waals surface area (Å²) in [5.74, 6) is 1.21. The van der Waals surface area contributed by atoms with Crippen LogP contribution in [-0.4, -0.2) is 50.7 Å². The smallest absolute Gasteiger partial charge is 0.282 e. The average molecular weight is 306 g/mol. The molecule has 1 aromatic rings. The van der Waals surface area contributed by atoms with Crippen molar-refractivity contribution in [3.8, 4) is 11.5 Å². The lowest BCUT2D eigenvalue weighted by atomic mass is 10.2. The summed E-state index contributed by atoms with van der Waals surface area (Å²) >= 11 is 0. The van der Waals surface area contributed by atoms with Gasteiger partial charge in [-0.2, -0.15) is 0 Å². The Hall–Kier alpha value is -2.28. The van der Waals surface area contributed by atoms with Gasteiger partial charge in [-0.25, -0.2) is 0 Å². The summed E-state index contributed by atoms with van der Waals surface area (Å²) in [7, 11) is 0. The molecule has 0 saturated carbocycles. The van der Waals surface area contributed by atoms with Gasteiger partial charge in [-0.3, -0.25) is 9.59 Å². The van der Waals surface area contributed by atoms with Crippen molar-refractivity contribution in [3.05, 3.63) is 18.2 Å². The fraction of sp³-hybridized carbons (Fsp3) is 0.467. The molecule has 1 aromatic carbocycles. The van der Waals surface area contributed by atoms with Gasteiger partial charge in [0.1, 0.15) is 13.2 Å². The molecule has 2 aliphatic heterocycles. The summed E-state index contributed by atoms with van der Waals surface area (Å²) in [5.41, 5.74) is 0.668. The minimum Gasteiger partial charge on any atom is -0.486 e. The fourth-order valence-corrected chi connectivity index (χ4v) is 2.65. The van der Waals surface area contributed by atoms with E-state index in [1.165, 1.54) is 0 Å². The number of nitrogens with one attached hydrogen (secondary N) is 3. The van der Waals surface area contributed by atoms with E-state index in [1.807, 2.05) is 6.92 Å². The minimum atomic E-state index is -0.292. The fourth-order valence-electron chi connectivity index (χ4n) is 2.65. The molecular weight excluding hydrogens is 286 g/mol. The first-order valence-corrected chi connectivity index (χ1v) is 7.45. The molecule has 0 spiro atoms. The molecule has 7 nitrogen and oxygen atoms in total. The van der Waals surface area contributed by atoms with E-state index >= 15 is 0 Å². The second-order valence-corrected chi connectivity index (χ2v) is 5.50. The van der Waals surface area contributed by atoms with Gasteiger partial charge in [0.05, 0.1) is 13.1 Å². The lowest BCUT2D eigenvalue weighted by Gasteiger charge is -2.28. The Bertz CT molecular complexity index is 590. The highest BCUT2D eigenvalue weighted by atomic mass is 16.6. The Morgan fingerprint density at radius 2 is 2.09 bits per heavy atom. The molecule has 22 heavy (non-hydrogen) atoms. The maximum Gasteiger partial charge on any atom is 0.282 e. The van der Waals surface area contributed by atoms with Crippen molar-refractivity contribution in [1.29, 1.82) is 0 Å². The van der Waals surface area contributed by atoms with Crippen molar-refractivity contribution in [1.82, 2.24) is 5.32 Å². The van der Waals surface area contributed by atoms with E-state index in [9.17, 15) is 9.59 Å². The van der Waals surface area contributed by atoms with Crippen molar-refractivity contribution in [2.45, 2.75) is 13.0 Å². The van der Waals surface area contributed by atoms with Gasteiger partial charge in [-0.1, -0.05) is 0 Å². The van der Waals surface area contributed by atoms with Crippen LogP contribution in [0.1, 0.15) is 6.92 Å². The Morgan fingerprint density at radius 3 is 2.86 bits per heavy atom. The quantitative estimate of drug-likeness (QED) is 0.655. The van der Waals surface area contributed by atoms with Crippen LogP contribution < -0.4 is 25.0 Å². The van der Waals surface area contributed by atoms with Crippen LogP contribution in [0, 0.1) is 0 Å². The Labute approximate surface area is 128 Å². The Balaban J connectivity index is 1.64. The van der Waals surface area contributed by atoms with Crippen molar-refractivity contribution in [2.24, 2.45) is 0 Å². The number of quaternary nitrogens is 1. The lowest BCUT2D eigenvalue weighted by Crippen LogP contribution is -3.19. The molecule has 2 heterocycles. The highest BCUT2D eigenvalue weighted by Gasteiger charge is 2.29. The topological polar surface area (TPSA) is 81.1 Å². The van der Waals surface area contributed by atoms with Crippen LogP contribution in [-0.2, 0) is 9.59 Å². The first kappa shape index (κ1) is 14.6. The molecule has 3 rings (SSSR count). The van der Waals surface area contributed by atoms with Crippen LogP contribution in [0.25, 0.3) is 0 Å². The van der Waals surface area contributed by atoms with E-state index in [0.29, 0.717) is 43.5 Å². The summed E-state index contributed by atoms with van der Waals surface area (Å²) < 4.78 is 11.0. The highest BCUT2D eigenvalue weighted by Crippen LogP contribution is 2.32. The zero-order valence-corrected chi connectivity index (χ0v) is 12.5. The summed E-state index contributed by atoms with van der Waals surface area (Å²) in [6.07, 6.45) is 0. The minimum absolute atomic E-state index is 0.0137. The number of ether oxygens (including phenoxy) is 2. The Kier molecular flexibility index (Phi) is 4.15. The Morgan fingerprint density at radius 1 is 1.32 bits per heavy atom. The van der Waals surface area contributed by atoms with Crippen LogP contribution in [0.15, 0.2) is 18.2 Å². The van der Waals surface area contributed by atoms with Gasteiger partial charge in [-0.05, 0) is 19.1 Å². The van der Waals surface area contributed by atoms with Gasteiger partial charge in [0.25, 0.3) is 11.8 Å². The molecule has 1 saturated heterocycles. The molecule has 7 heteroatoms. The molecule has 1 fully saturated rings. The van der Waals surface area contributed by atoms with Gasteiger partial charge in [0.2, 0.25) is 0 Å². The summed E-state index contributed by atoms with van der Waals surface area (Å²) in [5, 5.41) is 5.64. The molecule has 118 valence electrons.